The molecule has 0 spiro atoms. The molecule has 7 aliphatic heterocycles. The summed E-state index contributed by atoms with van der Waals surface area (Å²) in [7, 11) is 0. The second-order valence-corrected chi connectivity index (χ2v) is 24.5. The quantitative estimate of drug-likeness (QED) is 0.0297. The van der Waals surface area contributed by atoms with Crippen molar-refractivity contribution in [1.82, 2.24) is 16.0 Å². The van der Waals surface area contributed by atoms with Gasteiger partial charge in [-0.25, -0.2) is 0 Å². The summed E-state index contributed by atoms with van der Waals surface area (Å²) in [4.78, 5) is 37.6. The first-order chi connectivity index (χ1) is 45.1. The van der Waals surface area contributed by atoms with Crippen LogP contribution in [0.3, 0.4) is 0 Å². The maximum absolute atomic E-state index is 12.8. The van der Waals surface area contributed by atoms with E-state index in [9.17, 15) is 111 Å². The van der Waals surface area contributed by atoms with Crippen LogP contribution < -0.4 is 16.0 Å². The third-order valence-electron chi connectivity index (χ3n) is 17.5. The van der Waals surface area contributed by atoms with Gasteiger partial charge in [0.1, 0.15) is 171 Å². The van der Waals surface area contributed by atoms with Crippen LogP contribution in [0.4, 0.5) is 0 Å². The molecule has 0 aromatic heterocycles. The van der Waals surface area contributed by atoms with E-state index in [1.54, 1.807) is 0 Å². The Morgan fingerprint density at radius 3 is 1.04 bits per heavy atom. The summed E-state index contributed by atoms with van der Waals surface area (Å²) in [6.45, 7) is -1.13. The predicted molar refractivity (Wildman–Crippen MR) is 304 cm³/mol. The van der Waals surface area contributed by atoms with Gasteiger partial charge in [-0.2, -0.15) is 0 Å². The molecule has 0 unspecified atom stereocenters. The highest BCUT2D eigenvalue weighted by Crippen LogP contribution is 2.37. The molecular weight excluding hydrogens is 1290 g/mol. The Kier molecular flexibility index (Phi) is 30.6. The minimum atomic E-state index is -2.25. The average Bonchev–Trinajstić information content (AvgIpc) is 0.840. The maximum atomic E-state index is 12.8. The maximum Gasteiger partial charge on any atom is 0.217 e. The van der Waals surface area contributed by atoms with Crippen LogP contribution in [-0.4, -0.2) is 382 Å². The first-order valence-electron chi connectivity index (χ1n) is 31.6. The van der Waals surface area contributed by atoms with Crippen molar-refractivity contribution in [2.75, 3.05) is 52.9 Å². The molecule has 95 heavy (non-hydrogen) atoms. The number of hydrogen-bond donors (Lipinski definition) is 22. The molecule has 0 saturated carbocycles. The molecule has 3 amide bonds. The molecule has 0 radical (unpaired) electrons. The van der Waals surface area contributed by atoms with Gasteiger partial charge in [0.05, 0.1) is 46.2 Å². The largest absolute Gasteiger partial charge is 0.394 e. The van der Waals surface area contributed by atoms with Gasteiger partial charge in [0.2, 0.25) is 17.7 Å². The molecule has 22 N–H and O–H groups in total. The van der Waals surface area contributed by atoms with Crippen LogP contribution in [-0.2, 0) is 80.7 Å². The lowest BCUT2D eigenvalue weighted by Gasteiger charge is -2.50. The zero-order chi connectivity index (χ0) is 69.9. The number of nitrogens with one attached hydrogen (secondary N) is 3. The van der Waals surface area contributed by atoms with Crippen molar-refractivity contribution in [3.63, 3.8) is 0 Å². The fourth-order valence-corrected chi connectivity index (χ4v) is 12.2. The van der Waals surface area contributed by atoms with Crippen LogP contribution in [0.2, 0.25) is 0 Å². The Balaban J connectivity index is 1.02. The molecule has 552 valence electrons. The van der Waals surface area contributed by atoms with Crippen molar-refractivity contribution in [2.24, 2.45) is 0 Å². The Morgan fingerprint density at radius 1 is 0.305 bits per heavy atom. The number of rotatable bonds is 30. The molecule has 39 nitrogen and oxygen atoms in total. The first-order valence-corrected chi connectivity index (χ1v) is 31.6. The van der Waals surface area contributed by atoms with E-state index >= 15 is 0 Å². The van der Waals surface area contributed by atoms with E-state index in [2.05, 4.69) is 22.9 Å². The molecule has 0 aromatic carbocycles. The van der Waals surface area contributed by atoms with Crippen LogP contribution >= 0.6 is 0 Å². The Morgan fingerprint density at radius 2 is 0.621 bits per heavy atom. The molecule has 0 bridgehead atoms. The smallest absolute Gasteiger partial charge is 0.217 e. The molecule has 35 atom stereocenters. The van der Waals surface area contributed by atoms with Crippen molar-refractivity contribution < 1.29 is 178 Å². The summed E-state index contributed by atoms with van der Waals surface area (Å²) in [6, 6.07) is -5.11. The highest BCUT2D eigenvalue weighted by Gasteiger charge is 2.58. The van der Waals surface area contributed by atoms with E-state index in [0.717, 1.165) is 52.9 Å². The van der Waals surface area contributed by atoms with Gasteiger partial charge in [0.15, 0.2) is 44.0 Å². The summed E-state index contributed by atoms with van der Waals surface area (Å²) < 4.78 is 81.5. The summed E-state index contributed by atoms with van der Waals surface area (Å²) in [5, 5.41) is 216. The third-order valence-corrected chi connectivity index (χ3v) is 17.5. The van der Waals surface area contributed by atoms with Crippen LogP contribution in [0.25, 0.3) is 0 Å². The zero-order valence-electron chi connectivity index (χ0n) is 52.5. The van der Waals surface area contributed by atoms with Gasteiger partial charge in [-0.05, 0) is 6.42 Å². The standard InChI is InChI=1S/C56H97N3O36/c1-5-6-7-8-9-10-11-82-53-42(78)40(76)34(70)28(90-53)18-84-54-43(79)41(77)33(69)27(91-54)17-83-50-30(58-20(3)66)38(74)46(25(15-63)88-50)92-55-45(81)49(36(72)24(14-62)86-55)95-52-31(59-21(4)67)39(75)47(26(16-64)89-52)93-56-44(80)48(35(71)23(13-61)87-56)94-51-29(57-19(2)65)37(73)32(68)22(12-60)85-51/h22-56,60-64,68-81H,5-18H2,1-4H3,(H,57,65)(H,58,66)(H,59,67)/t22-,23-,24-,25-,26-,27-,28-,29-,30-,31-,32-,33-,34-,35+,36+,37-,38-,39-,40+,41+,42+,43+,44-,45-,46-,47-,48+,49+,50-,51+,52+,53-,54+,55+,56+/m1/s1. The second kappa shape index (κ2) is 36.6. The second-order valence-electron chi connectivity index (χ2n) is 24.5. The van der Waals surface area contributed by atoms with E-state index in [1.165, 1.54) is 0 Å². The molecular formula is C56H97N3O36. The number of carbonyl (C=O) groups excluding carboxylic acids is 3. The Labute approximate surface area is 544 Å². The van der Waals surface area contributed by atoms with E-state index < -0.39 is 279 Å². The normalized spacial score (nSPS) is 45.8. The van der Waals surface area contributed by atoms with Gasteiger partial charge >= 0.3 is 0 Å². The fourth-order valence-electron chi connectivity index (χ4n) is 12.2. The van der Waals surface area contributed by atoms with E-state index in [0.29, 0.717) is 6.42 Å². The van der Waals surface area contributed by atoms with Crippen LogP contribution in [0.1, 0.15) is 66.2 Å². The summed E-state index contributed by atoms with van der Waals surface area (Å²) >= 11 is 0. The number of carbonyl (C=O) groups is 3. The monoisotopic (exact) mass is 1390 g/mol. The van der Waals surface area contributed by atoms with Crippen molar-refractivity contribution in [2.45, 2.75) is 281 Å². The lowest BCUT2D eigenvalue weighted by Crippen LogP contribution is -2.70. The number of aliphatic hydroxyl groups excluding tert-OH is 19. The molecule has 7 aliphatic rings. The van der Waals surface area contributed by atoms with Crippen molar-refractivity contribution >= 4 is 17.7 Å². The van der Waals surface area contributed by atoms with E-state index in [1.807, 2.05) is 0 Å². The third kappa shape index (κ3) is 19.2. The molecule has 0 aromatic rings. The molecule has 7 fully saturated rings. The Hall–Kier alpha value is -2.91. The summed E-state index contributed by atoms with van der Waals surface area (Å²) in [6.07, 6.45) is -53.7. The number of aliphatic hydroxyl groups is 19. The van der Waals surface area contributed by atoms with Gasteiger partial charge < -0.3 is 179 Å². The SMILES string of the molecule is CCCCCCCCO[C@@H]1O[C@H](CO[C@H]2O[C@H](CO[C@@H]3O[C@H](CO)[C@@H](O[C@@H]4O[C@H](CO)[C@H](O)[C@H](O[C@@H]5O[C@H](CO)[C@@H](O[C@@H]6O[C@H](CO)[C@H](O)[C@H](O[C@@H]7O[C@H](CO)[C@@H](O)[C@H](O)[C@H]7NC(C)=O)[C@H]6O)[C@H](O)[C@H]5NC(C)=O)[C@H]4O)[C@H](O)[C@H]3NC(C)=O)[C@@H](O)[C@H](O)[C@@H]2O)[C@@H](O)[C@H](O)[C@@H]1O. The van der Waals surface area contributed by atoms with Gasteiger partial charge in [0, 0.05) is 27.4 Å². The Bertz CT molecular complexity index is 2330. The fraction of sp³-hybridized carbons (Fsp3) is 0.946. The van der Waals surface area contributed by atoms with Gasteiger partial charge in [0.25, 0.3) is 0 Å². The molecule has 7 saturated heterocycles. The zero-order valence-corrected chi connectivity index (χ0v) is 52.5. The lowest BCUT2D eigenvalue weighted by molar-refractivity contribution is -0.383. The van der Waals surface area contributed by atoms with E-state index in [4.69, 9.17) is 66.3 Å². The van der Waals surface area contributed by atoms with Crippen molar-refractivity contribution in [1.29, 1.82) is 0 Å². The number of hydrogen-bond acceptors (Lipinski definition) is 36. The van der Waals surface area contributed by atoms with E-state index in [-0.39, 0.29) is 6.61 Å². The minimum Gasteiger partial charge on any atom is -0.394 e. The van der Waals surface area contributed by atoms with Crippen molar-refractivity contribution in [3.8, 4) is 0 Å². The molecule has 7 heterocycles. The summed E-state index contributed by atoms with van der Waals surface area (Å²) in [5.41, 5.74) is 0. The van der Waals surface area contributed by atoms with Crippen LogP contribution in [0, 0.1) is 0 Å². The highest BCUT2D eigenvalue weighted by molar-refractivity contribution is 5.74. The number of amides is 3. The van der Waals surface area contributed by atoms with Gasteiger partial charge in [-0.15, -0.1) is 0 Å². The molecule has 39 heteroatoms. The topological polar surface area (TPSA) is 601 Å². The average molecular weight is 1390 g/mol. The highest BCUT2D eigenvalue weighted by atomic mass is 16.8. The van der Waals surface area contributed by atoms with Gasteiger partial charge in [-0.3, -0.25) is 14.4 Å². The predicted octanol–water partition coefficient (Wildman–Crippen LogP) is -12.5. The van der Waals surface area contributed by atoms with Gasteiger partial charge in [-0.1, -0.05) is 39.0 Å². The molecule has 0 aliphatic carbocycles. The minimum absolute atomic E-state index is 0.157. The number of unbranched alkanes of at least 4 members (excludes halogenated alkanes) is 5. The van der Waals surface area contributed by atoms with Crippen molar-refractivity contribution in [3.05, 3.63) is 0 Å². The molecule has 7 rings (SSSR count). The number of ether oxygens (including phenoxy) is 14. The van der Waals surface area contributed by atoms with Crippen LogP contribution in [0.5, 0.6) is 0 Å². The lowest BCUT2D eigenvalue weighted by atomic mass is 9.94. The summed E-state index contributed by atoms with van der Waals surface area (Å²) in [5.74, 6) is -2.45. The first kappa shape index (κ1) is 79.4. The van der Waals surface area contributed by atoms with Crippen LogP contribution in [0.15, 0.2) is 0 Å².